The van der Waals surface area contributed by atoms with Gasteiger partial charge in [0.05, 0.1) is 25.8 Å². The normalized spacial score (nSPS) is 15.9. The minimum absolute atomic E-state index is 0.248. The summed E-state index contributed by atoms with van der Waals surface area (Å²) in [4.78, 5) is 12.4. The molecule has 2 heterocycles. The lowest BCUT2D eigenvalue weighted by Gasteiger charge is -2.13. The van der Waals surface area contributed by atoms with Gasteiger partial charge in [-0.25, -0.2) is 4.79 Å². The predicted octanol–water partition coefficient (Wildman–Crippen LogP) is 3.19. The summed E-state index contributed by atoms with van der Waals surface area (Å²) >= 11 is 0. The first-order chi connectivity index (χ1) is 13.2. The highest BCUT2D eigenvalue weighted by atomic mass is 32.1. The summed E-state index contributed by atoms with van der Waals surface area (Å²) in [5.74, 6) is 1.51. The Morgan fingerprint density at radius 2 is 1.78 bits per heavy atom. The second-order valence-corrected chi connectivity index (χ2v) is 6.87. The summed E-state index contributed by atoms with van der Waals surface area (Å²) in [5.41, 5.74) is 1.66. The Morgan fingerprint density at radius 3 is 2.52 bits per heavy atom. The smallest absolute Gasteiger partial charge is 0.341 e. The van der Waals surface area contributed by atoms with Gasteiger partial charge in [-0.05, 0) is 53.9 Å². The van der Waals surface area contributed by atoms with Gasteiger partial charge < -0.3 is 19.2 Å². The maximum absolute atomic E-state index is 12.4. The van der Waals surface area contributed by atoms with E-state index in [1.807, 2.05) is 41.8 Å². The van der Waals surface area contributed by atoms with E-state index in [0.29, 0.717) is 16.9 Å². The van der Waals surface area contributed by atoms with Crippen molar-refractivity contribution in [3.63, 3.8) is 0 Å². The van der Waals surface area contributed by atoms with Crippen LogP contribution in [0.25, 0.3) is 11.0 Å². The SMILES string of the molecule is COc1ccc(NC2=S=CC(c3cc4cc(OC)ccc4oc3=O)N2)cc1. The minimum atomic E-state index is -0.354. The van der Waals surface area contributed by atoms with Gasteiger partial charge in [0.1, 0.15) is 22.2 Å². The Kier molecular flexibility index (Phi) is 4.70. The van der Waals surface area contributed by atoms with E-state index in [1.165, 1.54) is 10.9 Å². The van der Waals surface area contributed by atoms with Crippen molar-refractivity contribution < 1.29 is 13.9 Å². The number of hydrogen-bond acceptors (Lipinski definition) is 6. The van der Waals surface area contributed by atoms with E-state index >= 15 is 0 Å². The van der Waals surface area contributed by atoms with Crippen LogP contribution in [-0.2, 0) is 0 Å². The molecule has 4 rings (SSSR count). The van der Waals surface area contributed by atoms with Crippen LogP contribution in [0.4, 0.5) is 5.69 Å². The predicted molar refractivity (Wildman–Crippen MR) is 110 cm³/mol. The van der Waals surface area contributed by atoms with E-state index in [4.69, 9.17) is 13.9 Å². The zero-order valence-electron chi connectivity index (χ0n) is 14.8. The molecule has 2 N–H and O–H groups in total. The second-order valence-electron chi connectivity index (χ2n) is 5.95. The molecule has 0 fully saturated rings. The van der Waals surface area contributed by atoms with Crippen molar-refractivity contribution in [3.05, 3.63) is 64.5 Å². The van der Waals surface area contributed by atoms with Crippen molar-refractivity contribution in [2.45, 2.75) is 6.04 Å². The number of rotatable bonds is 4. The monoisotopic (exact) mass is 382 g/mol. The van der Waals surface area contributed by atoms with Crippen LogP contribution in [0.3, 0.4) is 0 Å². The number of hydrogen-bond donors (Lipinski definition) is 2. The Hall–Kier alpha value is -3.03. The van der Waals surface area contributed by atoms with Gasteiger partial charge in [-0.3, -0.25) is 5.32 Å². The molecule has 0 spiro atoms. The maximum Gasteiger partial charge on any atom is 0.341 e. The summed E-state index contributed by atoms with van der Waals surface area (Å²) in [5, 5.41) is 10.2. The lowest BCUT2D eigenvalue weighted by Crippen LogP contribution is -2.32. The standard InChI is InChI=1S/C20H18N2O4S/c1-24-14-5-3-13(4-6-14)21-20-22-17(11-27-20)16-10-12-9-15(25-2)7-8-18(12)26-19(16)23/h3-11,17,21-22H,1-2H3. The number of methoxy groups -OCH3 is 2. The van der Waals surface area contributed by atoms with Crippen LogP contribution in [0.5, 0.6) is 11.5 Å². The molecule has 1 aromatic heterocycles. The van der Waals surface area contributed by atoms with Gasteiger partial charge >= 0.3 is 5.63 Å². The van der Waals surface area contributed by atoms with Crippen LogP contribution in [0, 0.1) is 0 Å². The average molecular weight is 382 g/mol. The molecule has 0 saturated heterocycles. The Balaban J connectivity index is 1.54. The number of ether oxygens (including phenoxy) is 2. The zero-order chi connectivity index (χ0) is 18.8. The molecule has 1 atom stereocenters. The van der Waals surface area contributed by atoms with Crippen LogP contribution in [0.2, 0.25) is 0 Å². The second kappa shape index (κ2) is 7.30. The molecule has 0 bridgehead atoms. The summed E-state index contributed by atoms with van der Waals surface area (Å²) in [6.45, 7) is 0. The third-order valence-electron chi connectivity index (χ3n) is 4.26. The van der Waals surface area contributed by atoms with E-state index < -0.39 is 0 Å². The largest absolute Gasteiger partial charge is 0.497 e. The first-order valence-electron chi connectivity index (χ1n) is 8.32. The molecule has 7 heteroatoms. The molecular formula is C20H18N2O4S. The van der Waals surface area contributed by atoms with Crippen molar-refractivity contribution in [3.8, 4) is 11.5 Å². The van der Waals surface area contributed by atoms with Crippen LogP contribution in [-0.4, -0.2) is 24.7 Å². The number of fused-ring (bicyclic) bond motifs is 1. The van der Waals surface area contributed by atoms with E-state index in [1.54, 1.807) is 26.4 Å². The third kappa shape index (κ3) is 3.60. The fourth-order valence-electron chi connectivity index (χ4n) is 2.83. The average Bonchev–Trinajstić information content (AvgIpc) is 3.16. The molecule has 0 aliphatic carbocycles. The van der Waals surface area contributed by atoms with Crippen molar-refractivity contribution in [1.82, 2.24) is 5.32 Å². The first-order valence-corrected chi connectivity index (χ1v) is 9.20. The molecule has 27 heavy (non-hydrogen) atoms. The molecule has 0 saturated carbocycles. The molecule has 3 aromatic rings. The van der Waals surface area contributed by atoms with Crippen molar-refractivity contribution in [2.75, 3.05) is 19.5 Å². The Labute approximate surface area is 159 Å². The quantitative estimate of drug-likeness (QED) is 0.533. The van der Waals surface area contributed by atoms with Gasteiger partial charge in [-0.15, -0.1) is 10.9 Å². The Bertz CT molecular complexity index is 1120. The van der Waals surface area contributed by atoms with Crippen molar-refractivity contribution >= 4 is 38.1 Å². The summed E-state index contributed by atoms with van der Waals surface area (Å²) in [6, 6.07) is 14.6. The highest BCUT2D eigenvalue weighted by Crippen LogP contribution is 2.23. The molecule has 138 valence electrons. The van der Waals surface area contributed by atoms with E-state index in [0.717, 1.165) is 21.9 Å². The summed E-state index contributed by atoms with van der Waals surface area (Å²) in [6.07, 6.45) is 0. The number of anilines is 1. The molecule has 1 aliphatic heterocycles. The lowest BCUT2D eigenvalue weighted by atomic mass is 10.1. The minimum Gasteiger partial charge on any atom is -0.497 e. The van der Waals surface area contributed by atoms with Crippen LogP contribution >= 0.6 is 10.9 Å². The molecular weight excluding hydrogens is 364 g/mol. The van der Waals surface area contributed by atoms with Crippen LogP contribution in [0.1, 0.15) is 11.6 Å². The highest BCUT2D eigenvalue weighted by Gasteiger charge is 2.20. The van der Waals surface area contributed by atoms with Gasteiger partial charge in [0.25, 0.3) is 0 Å². The topological polar surface area (TPSA) is 72.7 Å². The fraction of sp³-hybridized carbons (Fsp3) is 0.150. The summed E-state index contributed by atoms with van der Waals surface area (Å²) in [7, 11) is 4.75. The molecule has 1 aliphatic rings. The van der Waals surface area contributed by atoms with E-state index in [9.17, 15) is 4.79 Å². The van der Waals surface area contributed by atoms with Gasteiger partial charge in [0.15, 0.2) is 0 Å². The van der Waals surface area contributed by atoms with E-state index in [2.05, 4.69) is 10.6 Å². The zero-order valence-corrected chi connectivity index (χ0v) is 15.6. The van der Waals surface area contributed by atoms with Gasteiger partial charge in [-0.2, -0.15) is 0 Å². The first kappa shape index (κ1) is 17.4. The van der Waals surface area contributed by atoms with Crippen LogP contribution < -0.4 is 25.7 Å². The lowest BCUT2D eigenvalue weighted by molar-refractivity contribution is 0.415. The van der Waals surface area contributed by atoms with Crippen LogP contribution in [0.15, 0.2) is 57.7 Å². The highest BCUT2D eigenvalue weighted by molar-refractivity contribution is 7.97. The van der Waals surface area contributed by atoms with Crippen molar-refractivity contribution in [1.29, 1.82) is 0 Å². The fourth-order valence-corrected chi connectivity index (χ4v) is 3.69. The maximum atomic E-state index is 12.4. The Morgan fingerprint density at radius 1 is 1.04 bits per heavy atom. The summed E-state index contributed by atoms with van der Waals surface area (Å²) < 4.78 is 15.9. The molecule has 0 radical (unpaired) electrons. The molecule has 2 aromatic carbocycles. The van der Waals surface area contributed by atoms with E-state index in [-0.39, 0.29) is 11.7 Å². The number of benzene rings is 2. The van der Waals surface area contributed by atoms with Gasteiger partial charge in [0.2, 0.25) is 0 Å². The molecule has 6 nitrogen and oxygen atoms in total. The van der Waals surface area contributed by atoms with Crippen molar-refractivity contribution in [2.24, 2.45) is 0 Å². The van der Waals surface area contributed by atoms with Gasteiger partial charge in [-0.1, -0.05) is 0 Å². The van der Waals surface area contributed by atoms with Gasteiger partial charge in [0, 0.05) is 11.1 Å². The number of nitrogens with one attached hydrogen (secondary N) is 2. The third-order valence-corrected chi connectivity index (χ3v) is 5.12. The molecule has 1 unspecified atom stereocenters. The molecule has 0 amide bonds.